The van der Waals surface area contributed by atoms with Crippen LogP contribution < -0.4 is 10.6 Å². The van der Waals surface area contributed by atoms with E-state index in [0.717, 1.165) is 38.9 Å². The molecule has 0 bridgehead atoms. The first-order valence-corrected chi connectivity index (χ1v) is 10.6. The number of nitrogens with zero attached hydrogens (tertiary/aromatic N) is 4. The molecule has 144 valence electrons. The number of piperidine rings is 2. The van der Waals surface area contributed by atoms with Crippen LogP contribution in [0.1, 0.15) is 25.0 Å². The summed E-state index contributed by atoms with van der Waals surface area (Å²) < 4.78 is 0. The summed E-state index contributed by atoms with van der Waals surface area (Å²) in [6.45, 7) is 4.52. The van der Waals surface area contributed by atoms with Crippen LogP contribution in [-0.4, -0.2) is 70.2 Å². The van der Waals surface area contributed by atoms with Crippen molar-refractivity contribution in [2.24, 2.45) is 5.41 Å². The molecule has 26 heavy (non-hydrogen) atoms. The van der Waals surface area contributed by atoms with Crippen LogP contribution in [-0.2, 0) is 4.79 Å². The Morgan fingerprint density at radius 2 is 2.12 bits per heavy atom. The highest BCUT2D eigenvalue weighted by Gasteiger charge is 2.43. The number of halogens is 1. The monoisotopic (exact) mass is 399 g/mol. The summed E-state index contributed by atoms with van der Waals surface area (Å²) in [6.07, 6.45) is 3.97. The molecule has 2 aliphatic rings. The Balaban J connectivity index is 1.72. The number of amides is 1. The van der Waals surface area contributed by atoms with Crippen LogP contribution in [0.4, 0.5) is 11.8 Å². The molecule has 1 unspecified atom stereocenters. The fourth-order valence-electron chi connectivity index (χ4n) is 4.09. The fourth-order valence-corrected chi connectivity index (χ4v) is 4.72. The second-order valence-corrected chi connectivity index (χ2v) is 8.60. The maximum atomic E-state index is 12.3. The van der Waals surface area contributed by atoms with Crippen LogP contribution in [0.2, 0.25) is 5.02 Å². The molecule has 2 aliphatic heterocycles. The molecule has 0 saturated carbocycles. The van der Waals surface area contributed by atoms with Gasteiger partial charge in [-0.15, -0.1) is 0 Å². The van der Waals surface area contributed by atoms with E-state index < -0.39 is 6.10 Å². The largest absolute Gasteiger partial charge is 0.391 e. The molecule has 1 atom stereocenters. The number of thioether (sulfide) groups is 1. The summed E-state index contributed by atoms with van der Waals surface area (Å²) >= 11 is 7.90. The minimum absolute atomic E-state index is 0.0394. The minimum atomic E-state index is -0.457. The number of aromatic nitrogens is 2. The minimum Gasteiger partial charge on any atom is -0.391 e. The summed E-state index contributed by atoms with van der Waals surface area (Å²) in [5.41, 5.74) is 6.42. The Hall–Kier alpha value is -1.25. The van der Waals surface area contributed by atoms with Gasteiger partial charge >= 0.3 is 0 Å². The van der Waals surface area contributed by atoms with E-state index in [1.807, 2.05) is 18.1 Å². The first-order valence-electron chi connectivity index (χ1n) is 8.83. The maximum absolute atomic E-state index is 12.3. The molecule has 1 aromatic heterocycles. The average molecular weight is 400 g/mol. The molecule has 9 heteroatoms. The Bertz CT molecular complexity index is 681. The standard InChI is InChI=1S/C17H26ClN5O2S/c1-11-14(18)15(21-16(19)20-11)22-5-3-17(4-6-22)7-12(24)8-23(10-17)13(25)9-26-2/h12,24H,3-10H2,1-2H3,(H2,19,20,21). The topological polar surface area (TPSA) is 95.6 Å². The van der Waals surface area contributed by atoms with Gasteiger partial charge in [-0.05, 0) is 37.9 Å². The number of β-amino-alcohol motifs (C(OH)–C–C–N with tert-alkyl or cyclic N) is 1. The Kier molecular flexibility index (Phi) is 5.84. The lowest BCUT2D eigenvalue weighted by atomic mass is 9.71. The summed E-state index contributed by atoms with van der Waals surface area (Å²) in [6, 6.07) is 0. The van der Waals surface area contributed by atoms with E-state index in [4.69, 9.17) is 17.3 Å². The molecular formula is C17H26ClN5O2S. The second kappa shape index (κ2) is 7.78. The molecule has 0 radical (unpaired) electrons. The SMILES string of the molecule is CSCC(=O)N1CC(O)CC2(CCN(c3nc(N)nc(C)c3Cl)CC2)C1. The van der Waals surface area contributed by atoms with Gasteiger partial charge in [0.1, 0.15) is 5.02 Å². The molecule has 3 N–H and O–H groups in total. The molecule has 1 spiro atoms. The van der Waals surface area contributed by atoms with Gasteiger partial charge in [0.15, 0.2) is 5.82 Å². The number of anilines is 2. The van der Waals surface area contributed by atoms with Crippen molar-refractivity contribution in [3.05, 3.63) is 10.7 Å². The first kappa shape index (κ1) is 19.5. The molecule has 3 heterocycles. The number of nitrogen functional groups attached to an aromatic ring is 1. The summed E-state index contributed by atoms with van der Waals surface area (Å²) in [7, 11) is 0. The smallest absolute Gasteiger partial charge is 0.232 e. The van der Waals surface area contributed by atoms with Gasteiger partial charge in [0.2, 0.25) is 11.9 Å². The predicted molar refractivity (Wildman–Crippen MR) is 106 cm³/mol. The van der Waals surface area contributed by atoms with E-state index in [9.17, 15) is 9.90 Å². The fraction of sp³-hybridized carbons (Fsp3) is 0.706. The number of carbonyl (C=O) groups excluding carboxylic acids is 1. The van der Waals surface area contributed by atoms with E-state index in [-0.39, 0.29) is 17.3 Å². The lowest BCUT2D eigenvalue weighted by Crippen LogP contribution is -2.55. The highest BCUT2D eigenvalue weighted by Crippen LogP contribution is 2.42. The number of rotatable bonds is 3. The zero-order valence-electron chi connectivity index (χ0n) is 15.2. The van der Waals surface area contributed by atoms with Gasteiger partial charge in [0.05, 0.1) is 17.6 Å². The van der Waals surface area contributed by atoms with Crippen molar-refractivity contribution < 1.29 is 9.90 Å². The number of hydrogen-bond donors (Lipinski definition) is 2. The van der Waals surface area contributed by atoms with Gasteiger partial charge in [-0.1, -0.05) is 11.6 Å². The molecule has 1 amide bonds. The summed E-state index contributed by atoms with van der Waals surface area (Å²) in [4.78, 5) is 24.7. The quantitative estimate of drug-likeness (QED) is 0.796. The van der Waals surface area contributed by atoms with Crippen molar-refractivity contribution >= 4 is 41.0 Å². The molecule has 0 aromatic carbocycles. The summed E-state index contributed by atoms with van der Waals surface area (Å²) in [5.74, 6) is 1.48. The normalized spacial score (nSPS) is 22.7. The lowest BCUT2D eigenvalue weighted by molar-refractivity contribution is -0.136. The van der Waals surface area contributed by atoms with Gasteiger partial charge in [-0.2, -0.15) is 16.7 Å². The van der Waals surface area contributed by atoms with E-state index in [0.29, 0.717) is 28.8 Å². The predicted octanol–water partition coefficient (Wildman–Crippen LogP) is 1.56. The lowest BCUT2D eigenvalue weighted by Gasteiger charge is -2.49. The maximum Gasteiger partial charge on any atom is 0.232 e. The number of hydrogen-bond acceptors (Lipinski definition) is 7. The number of carbonyl (C=O) groups is 1. The van der Waals surface area contributed by atoms with Gasteiger partial charge in [-0.3, -0.25) is 4.79 Å². The molecule has 1 aromatic rings. The van der Waals surface area contributed by atoms with Crippen LogP contribution in [0.15, 0.2) is 0 Å². The Morgan fingerprint density at radius 3 is 2.77 bits per heavy atom. The zero-order valence-corrected chi connectivity index (χ0v) is 16.8. The summed E-state index contributed by atoms with van der Waals surface area (Å²) in [5, 5.41) is 10.9. The Morgan fingerprint density at radius 1 is 1.42 bits per heavy atom. The number of aryl methyl sites for hydroxylation is 1. The number of aliphatic hydroxyl groups is 1. The Labute approximate surface area is 163 Å². The average Bonchev–Trinajstić information content (AvgIpc) is 2.58. The van der Waals surface area contributed by atoms with Crippen molar-refractivity contribution in [3.63, 3.8) is 0 Å². The van der Waals surface area contributed by atoms with E-state index >= 15 is 0 Å². The molecule has 7 nitrogen and oxygen atoms in total. The van der Waals surface area contributed by atoms with Crippen LogP contribution in [0, 0.1) is 12.3 Å². The highest BCUT2D eigenvalue weighted by molar-refractivity contribution is 7.99. The van der Waals surface area contributed by atoms with Crippen molar-refractivity contribution in [3.8, 4) is 0 Å². The van der Waals surface area contributed by atoms with Crippen molar-refractivity contribution in [1.29, 1.82) is 0 Å². The highest BCUT2D eigenvalue weighted by atomic mass is 35.5. The van der Waals surface area contributed by atoms with Crippen LogP contribution in [0.5, 0.6) is 0 Å². The number of aliphatic hydroxyl groups excluding tert-OH is 1. The third kappa shape index (κ3) is 4.02. The van der Waals surface area contributed by atoms with Crippen LogP contribution in [0.25, 0.3) is 0 Å². The molecule has 0 aliphatic carbocycles. The second-order valence-electron chi connectivity index (χ2n) is 7.36. The van der Waals surface area contributed by atoms with Crippen molar-refractivity contribution in [2.75, 3.05) is 48.8 Å². The van der Waals surface area contributed by atoms with E-state index in [2.05, 4.69) is 14.9 Å². The van der Waals surface area contributed by atoms with E-state index in [1.54, 1.807) is 0 Å². The van der Waals surface area contributed by atoms with Crippen molar-refractivity contribution in [1.82, 2.24) is 14.9 Å². The van der Waals surface area contributed by atoms with Crippen LogP contribution >= 0.6 is 23.4 Å². The van der Waals surface area contributed by atoms with Gasteiger partial charge in [-0.25, -0.2) is 4.98 Å². The third-order valence-electron chi connectivity index (χ3n) is 5.39. The first-order chi connectivity index (χ1) is 12.3. The van der Waals surface area contributed by atoms with Gasteiger partial charge < -0.3 is 20.6 Å². The van der Waals surface area contributed by atoms with Gasteiger partial charge in [0, 0.05) is 26.2 Å². The molecule has 3 rings (SSSR count). The van der Waals surface area contributed by atoms with E-state index in [1.165, 1.54) is 11.8 Å². The molecule has 2 saturated heterocycles. The zero-order chi connectivity index (χ0) is 18.9. The molecular weight excluding hydrogens is 374 g/mol. The number of nitrogens with two attached hydrogens (primary N) is 1. The third-order valence-corrected chi connectivity index (χ3v) is 6.37. The van der Waals surface area contributed by atoms with Crippen LogP contribution in [0.3, 0.4) is 0 Å². The van der Waals surface area contributed by atoms with Gasteiger partial charge in [0.25, 0.3) is 0 Å². The number of likely N-dealkylation sites (tertiary alicyclic amines) is 1. The van der Waals surface area contributed by atoms with Crippen molar-refractivity contribution in [2.45, 2.75) is 32.3 Å². The molecule has 2 fully saturated rings.